The van der Waals surface area contributed by atoms with Crippen LogP contribution in [-0.4, -0.2) is 45.3 Å². The van der Waals surface area contributed by atoms with Crippen molar-refractivity contribution < 1.29 is 9.59 Å². The normalized spacial score (nSPS) is 17.0. The van der Waals surface area contributed by atoms with E-state index in [0.29, 0.717) is 22.4 Å². The van der Waals surface area contributed by atoms with E-state index in [2.05, 4.69) is 28.5 Å². The van der Waals surface area contributed by atoms with Crippen molar-refractivity contribution in [2.75, 3.05) is 17.6 Å². The van der Waals surface area contributed by atoms with E-state index >= 15 is 0 Å². The monoisotopic (exact) mass is 405 g/mol. The molecule has 1 aromatic carbocycles. The van der Waals surface area contributed by atoms with Crippen molar-refractivity contribution in [1.29, 1.82) is 0 Å². The van der Waals surface area contributed by atoms with Crippen LogP contribution in [-0.2, 0) is 9.59 Å². The van der Waals surface area contributed by atoms with Crippen LogP contribution in [0.15, 0.2) is 22.5 Å². The molecule has 1 fully saturated rings. The second kappa shape index (κ2) is 8.71. The number of nitrogens with zero attached hydrogens (tertiary/aromatic N) is 3. The number of hydrogen-bond donors (Lipinski definition) is 2. The zero-order valence-electron chi connectivity index (χ0n) is 15.4. The molecular weight excluding hydrogens is 382 g/mol. The molecule has 1 aromatic heterocycles. The molecule has 144 valence electrons. The highest BCUT2D eigenvalue weighted by Gasteiger charge is 2.30. The number of benzene rings is 1. The molecule has 2 aromatic rings. The fourth-order valence-electron chi connectivity index (χ4n) is 3.12. The van der Waals surface area contributed by atoms with Crippen LogP contribution < -0.4 is 11.1 Å². The number of carbonyl (C=O) groups excluding carboxylic acids is 2. The SMILES string of the molecule is Cc1ccc(Nc2nnc(SCC(=O)N3CCCC[C@@H]3C(N)=O)s2)c(C)c1. The average Bonchev–Trinajstić information content (AvgIpc) is 3.09. The Morgan fingerprint density at radius 1 is 1.33 bits per heavy atom. The number of nitrogens with two attached hydrogens (primary N) is 1. The molecule has 9 heteroatoms. The van der Waals surface area contributed by atoms with Gasteiger partial charge in [-0.15, -0.1) is 10.2 Å². The van der Waals surface area contributed by atoms with Crippen LogP contribution in [0.4, 0.5) is 10.8 Å². The molecular formula is C18H23N5O2S2. The third kappa shape index (κ3) is 4.98. The largest absolute Gasteiger partial charge is 0.368 e. The first kappa shape index (κ1) is 19.6. The van der Waals surface area contributed by atoms with Gasteiger partial charge in [-0.1, -0.05) is 40.8 Å². The zero-order valence-corrected chi connectivity index (χ0v) is 17.0. The minimum Gasteiger partial charge on any atom is -0.368 e. The van der Waals surface area contributed by atoms with E-state index in [1.807, 2.05) is 19.1 Å². The number of aromatic nitrogens is 2. The molecule has 1 aliphatic rings. The molecule has 3 N–H and O–H groups in total. The second-order valence-electron chi connectivity index (χ2n) is 6.61. The van der Waals surface area contributed by atoms with Crippen molar-refractivity contribution in [2.45, 2.75) is 43.5 Å². The summed E-state index contributed by atoms with van der Waals surface area (Å²) >= 11 is 2.74. The Morgan fingerprint density at radius 3 is 2.89 bits per heavy atom. The van der Waals surface area contributed by atoms with Gasteiger partial charge in [-0.05, 0) is 44.7 Å². The van der Waals surface area contributed by atoms with Crippen molar-refractivity contribution >= 4 is 45.7 Å². The van der Waals surface area contributed by atoms with Crippen LogP contribution in [0.25, 0.3) is 0 Å². The first-order chi connectivity index (χ1) is 12.9. The average molecular weight is 406 g/mol. The molecule has 0 spiro atoms. The predicted octanol–water partition coefficient (Wildman–Crippen LogP) is 2.86. The Balaban J connectivity index is 1.57. The van der Waals surface area contributed by atoms with Gasteiger partial charge in [0.15, 0.2) is 4.34 Å². The summed E-state index contributed by atoms with van der Waals surface area (Å²) in [5.41, 5.74) is 8.76. The molecule has 1 saturated heterocycles. The van der Waals surface area contributed by atoms with E-state index in [-0.39, 0.29) is 11.7 Å². The van der Waals surface area contributed by atoms with Crippen molar-refractivity contribution in [3.63, 3.8) is 0 Å². The number of aryl methyl sites for hydroxylation is 2. The minimum atomic E-state index is -0.483. The van der Waals surface area contributed by atoms with Crippen LogP contribution in [0.3, 0.4) is 0 Å². The first-order valence-electron chi connectivity index (χ1n) is 8.83. The molecule has 2 amide bonds. The standard InChI is InChI=1S/C18H23N5O2S2/c1-11-6-7-13(12(2)9-11)20-17-21-22-18(27-17)26-10-15(24)23-8-4-3-5-14(23)16(19)25/h6-7,9,14H,3-5,8,10H2,1-2H3,(H2,19,25)(H,20,21)/t14-/m1/s1. The Labute approximate surface area is 166 Å². The van der Waals surface area contributed by atoms with Crippen LogP contribution >= 0.6 is 23.1 Å². The van der Waals surface area contributed by atoms with Crippen molar-refractivity contribution in [1.82, 2.24) is 15.1 Å². The molecule has 2 heterocycles. The summed E-state index contributed by atoms with van der Waals surface area (Å²) < 4.78 is 0.711. The maximum Gasteiger partial charge on any atom is 0.240 e. The number of piperidine rings is 1. The van der Waals surface area contributed by atoms with Gasteiger partial charge in [0.05, 0.1) is 5.75 Å². The fourth-order valence-corrected chi connectivity index (χ4v) is 4.77. The van der Waals surface area contributed by atoms with Gasteiger partial charge in [0.25, 0.3) is 0 Å². The Morgan fingerprint density at radius 2 is 2.15 bits per heavy atom. The van der Waals surface area contributed by atoms with E-state index in [1.54, 1.807) is 4.90 Å². The summed E-state index contributed by atoms with van der Waals surface area (Å²) in [5, 5.41) is 12.2. The van der Waals surface area contributed by atoms with Crippen molar-refractivity contribution in [3.8, 4) is 0 Å². The molecule has 27 heavy (non-hydrogen) atoms. The molecule has 0 bridgehead atoms. The van der Waals surface area contributed by atoms with Crippen LogP contribution in [0.1, 0.15) is 30.4 Å². The number of carbonyl (C=O) groups is 2. The third-order valence-electron chi connectivity index (χ3n) is 4.50. The number of hydrogen-bond acceptors (Lipinski definition) is 7. The number of likely N-dealkylation sites (tertiary alicyclic amines) is 1. The Bertz CT molecular complexity index is 839. The van der Waals surface area contributed by atoms with Crippen LogP contribution in [0, 0.1) is 13.8 Å². The number of rotatable bonds is 6. The topological polar surface area (TPSA) is 101 Å². The maximum atomic E-state index is 12.5. The lowest BCUT2D eigenvalue weighted by molar-refractivity contribution is -0.138. The molecule has 0 unspecified atom stereocenters. The number of anilines is 2. The molecule has 7 nitrogen and oxygen atoms in total. The lowest BCUT2D eigenvalue weighted by Gasteiger charge is -2.33. The summed E-state index contributed by atoms with van der Waals surface area (Å²) in [6.45, 7) is 4.68. The van der Waals surface area contributed by atoms with E-state index < -0.39 is 11.9 Å². The maximum absolute atomic E-state index is 12.5. The van der Waals surface area contributed by atoms with Gasteiger partial charge in [-0.25, -0.2) is 0 Å². The third-order valence-corrected chi connectivity index (χ3v) is 6.46. The highest BCUT2D eigenvalue weighted by molar-refractivity contribution is 8.01. The quantitative estimate of drug-likeness (QED) is 0.717. The summed E-state index contributed by atoms with van der Waals surface area (Å²) in [6.07, 6.45) is 2.48. The predicted molar refractivity (Wildman–Crippen MR) is 108 cm³/mol. The highest BCUT2D eigenvalue weighted by Crippen LogP contribution is 2.29. The summed E-state index contributed by atoms with van der Waals surface area (Å²) in [6, 6.07) is 5.68. The number of primary amides is 1. The Hall–Kier alpha value is -2.13. The lowest BCUT2D eigenvalue weighted by Crippen LogP contribution is -2.51. The van der Waals surface area contributed by atoms with Crippen molar-refractivity contribution in [2.24, 2.45) is 5.73 Å². The highest BCUT2D eigenvalue weighted by atomic mass is 32.2. The fraction of sp³-hybridized carbons (Fsp3) is 0.444. The van der Waals surface area contributed by atoms with E-state index in [9.17, 15) is 9.59 Å². The van der Waals surface area contributed by atoms with E-state index in [0.717, 1.165) is 24.1 Å². The number of thioether (sulfide) groups is 1. The molecule has 1 aliphatic heterocycles. The van der Waals surface area contributed by atoms with E-state index in [4.69, 9.17) is 5.73 Å². The number of nitrogens with one attached hydrogen (secondary N) is 1. The van der Waals surface area contributed by atoms with Gasteiger partial charge < -0.3 is 16.0 Å². The van der Waals surface area contributed by atoms with Gasteiger partial charge in [0.2, 0.25) is 16.9 Å². The first-order valence-corrected chi connectivity index (χ1v) is 10.6. The minimum absolute atomic E-state index is 0.0809. The Kier molecular flexibility index (Phi) is 6.33. The molecule has 1 atom stereocenters. The van der Waals surface area contributed by atoms with Gasteiger partial charge in [-0.2, -0.15) is 0 Å². The molecule has 0 aliphatic carbocycles. The zero-order chi connectivity index (χ0) is 19.4. The molecule has 0 saturated carbocycles. The summed E-state index contributed by atoms with van der Waals surface area (Å²) in [5.74, 6) is -0.284. The van der Waals surface area contributed by atoms with Crippen LogP contribution in [0.2, 0.25) is 0 Å². The van der Waals surface area contributed by atoms with E-state index in [1.165, 1.54) is 28.7 Å². The number of amides is 2. The van der Waals surface area contributed by atoms with Gasteiger partial charge in [-0.3, -0.25) is 9.59 Å². The van der Waals surface area contributed by atoms with Gasteiger partial charge >= 0.3 is 0 Å². The second-order valence-corrected chi connectivity index (χ2v) is 8.81. The summed E-state index contributed by atoms with van der Waals surface area (Å²) in [4.78, 5) is 25.7. The van der Waals surface area contributed by atoms with Crippen molar-refractivity contribution in [3.05, 3.63) is 29.3 Å². The summed E-state index contributed by atoms with van der Waals surface area (Å²) in [7, 11) is 0. The van der Waals surface area contributed by atoms with Crippen LogP contribution in [0.5, 0.6) is 0 Å². The van der Waals surface area contributed by atoms with Gasteiger partial charge in [0, 0.05) is 12.2 Å². The molecule has 0 radical (unpaired) electrons. The smallest absolute Gasteiger partial charge is 0.240 e. The lowest BCUT2D eigenvalue weighted by atomic mass is 10.0. The molecule has 3 rings (SSSR count). The van der Waals surface area contributed by atoms with Gasteiger partial charge in [0.1, 0.15) is 6.04 Å².